The Labute approximate surface area is 302 Å². The predicted octanol–water partition coefficient (Wildman–Crippen LogP) is 13.9. The number of hydrogen-bond acceptors (Lipinski definition) is 0. The van der Waals surface area contributed by atoms with Gasteiger partial charge in [0.05, 0.1) is 54.4 Å². The molecule has 0 aliphatic carbocycles. The molecule has 0 atom stereocenters. The van der Waals surface area contributed by atoms with Crippen molar-refractivity contribution in [3.63, 3.8) is 0 Å². The van der Waals surface area contributed by atoms with Gasteiger partial charge in [-0.2, -0.15) is 35.1 Å². The summed E-state index contributed by atoms with van der Waals surface area (Å²) in [5.41, 5.74) is 0. The summed E-state index contributed by atoms with van der Waals surface area (Å²) in [5, 5.41) is 0. The van der Waals surface area contributed by atoms with Gasteiger partial charge in [-0.05, 0) is 51.4 Å². The minimum absolute atomic E-state index is 0.117. The molecule has 2 nitrogen and oxygen atoms in total. The van der Waals surface area contributed by atoms with Crippen LogP contribution in [0.15, 0.2) is 0 Å². The van der Waals surface area contributed by atoms with Crippen LogP contribution in [0.1, 0.15) is 181 Å². The van der Waals surface area contributed by atoms with Crippen molar-refractivity contribution in [3.05, 3.63) is 0 Å². The maximum atomic E-state index is 14.5. The molecule has 0 aromatic carbocycles. The van der Waals surface area contributed by atoms with Crippen LogP contribution in [0.4, 0.5) is 35.1 Å². The first-order chi connectivity index (χ1) is 23.3. The topological polar surface area (TPSA) is 0 Å². The van der Waals surface area contributed by atoms with Crippen LogP contribution in [-0.4, -0.2) is 87.0 Å². The van der Waals surface area contributed by atoms with E-state index in [2.05, 4.69) is 13.8 Å². The number of unbranched alkanes of at least 4 members (excludes halogenated alkanes) is 20. The Kier molecular flexibility index (Phi) is 25.1. The number of quaternary nitrogens is 2. The first-order valence-electron chi connectivity index (χ1n) is 20.4. The third-order valence-corrected chi connectivity index (χ3v) is 10.6. The molecule has 0 spiro atoms. The Morgan fingerprint density at radius 1 is 0.300 bits per heavy atom. The maximum Gasteiger partial charge on any atom is 0.378 e. The molecule has 0 radical (unpaired) electrons. The Bertz CT molecular complexity index is 751. The van der Waals surface area contributed by atoms with E-state index in [9.17, 15) is 35.1 Å². The van der Waals surface area contributed by atoms with Crippen molar-refractivity contribution in [2.24, 2.45) is 0 Å². The molecule has 0 unspecified atom stereocenters. The molecule has 0 aromatic rings. The standard InChI is InChI=1S/C40H78F8N2/c1-7-9-11-13-15-17-19-21-23-27-33-49(3,4)35-29-25-31-37(41,42)39(45,46)40(47,48)38(43,44)32-26-30-36-50(5,6)34-28-24-22-20-18-16-14-12-10-8-2/h7-36H2,1-6H3/q+2. The number of hydrogen-bond donors (Lipinski definition) is 0. The van der Waals surface area contributed by atoms with Crippen LogP contribution in [0, 0.1) is 0 Å². The molecular formula is C40H78F8N2+2. The predicted molar refractivity (Wildman–Crippen MR) is 195 cm³/mol. The molecule has 0 aromatic heterocycles. The molecule has 0 aliphatic rings. The molecule has 0 N–H and O–H groups in total. The Hall–Kier alpha value is -0.640. The highest BCUT2D eigenvalue weighted by molar-refractivity contribution is 5.03. The molecule has 0 aliphatic heterocycles. The normalized spacial score (nSPS) is 13.8. The molecular weight excluding hydrogens is 660 g/mol. The van der Waals surface area contributed by atoms with Gasteiger partial charge in [-0.25, -0.2) is 0 Å². The fourth-order valence-electron chi connectivity index (χ4n) is 6.83. The molecule has 0 heterocycles. The highest BCUT2D eigenvalue weighted by atomic mass is 19.4. The third kappa shape index (κ3) is 20.6. The van der Waals surface area contributed by atoms with E-state index in [1.807, 2.05) is 28.2 Å². The molecule has 0 rings (SSSR count). The number of halogens is 8. The summed E-state index contributed by atoms with van der Waals surface area (Å²) in [4.78, 5) is 0. The lowest BCUT2D eigenvalue weighted by atomic mass is 9.92. The van der Waals surface area contributed by atoms with E-state index in [4.69, 9.17) is 0 Å². The molecule has 0 fully saturated rings. The van der Waals surface area contributed by atoms with E-state index >= 15 is 0 Å². The lowest BCUT2D eigenvalue weighted by Gasteiger charge is -2.37. The van der Waals surface area contributed by atoms with Crippen molar-refractivity contribution in [1.82, 2.24) is 0 Å². The average molecular weight is 739 g/mol. The van der Waals surface area contributed by atoms with Crippen molar-refractivity contribution in [3.8, 4) is 0 Å². The second-order valence-electron chi connectivity index (χ2n) is 16.6. The molecule has 50 heavy (non-hydrogen) atoms. The van der Waals surface area contributed by atoms with Gasteiger partial charge < -0.3 is 8.97 Å². The summed E-state index contributed by atoms with van der Waals surface area (Å²) in [7, 11) is 7.70. The number of nitrogens with zero attached hydrogens (tertiary/aromatic N) is 2. The van der Waals surface area contributed by atoms with Gasteiger partial charge in [-0.1, -0.05) is 117 Å². The minimum Gasteiger partial charge on any atom is -0.328 e. The Morgan fingerprint density at radius 3 is 0.740 bits per heavy atom. The average Bonchev–Trinajstić information content (AvgIpc) is 3.03. The van der Waals surface area contributed by atoms with E-state index in [1.54, 1.807) is 0 Å². The monoisotopic (exact) mass is 739 g/mol. The highest BCUT2D eigenvalue weighted by Crippen LogP contribution is 2.55. The first kappa shape index (κ1) is 49.4. The molecule has 10 heteroatoms. The molecule has 0 amide bonds. The smallest absolute Gasteiger partial charge is 0.328 e. The van der Waals surface area contributed by atoms with Crippen LogP contribution in [0.2, 0.25) is 0 Å². The third-order valence-electron chi connectivity index (χ3n) is 10.6. The lowest BCUT2D eigenvalue weighted by Crippen LogP contribution is -2.62. The van der Waals surface area contributed by atoms with Gasteiger partial charge in [0.15, 0.2) is 0 Å². The summed E-state index contributed by atoms with van der Waals surface area (Å²) in [6, 6.07) is 0. The summed E-state index contributed by atoms with van der Waals surface area (Å²) in [5.74, 6) is -22.8. The fourth-order valence-corrected chi connectivity index (χ4v) is 6.83. The second-order valence-corrected chi connectivity index (χ2v) is 16.6. The zero-order chi connectivity index (χ0) is 38.2. The van der Waals surface area contributed by atoms with Gasteiger partial charge in [0, 0.05) is 12.8 Å². The van der Waals surface area contributed by atoms with Crippen LogP contribution in [-0.2, 0) is 0 Å². The summed E-state index contributed by atoms with van der Waals surface area (Å²) < 4.78 is 117. The summed E-state index contributed by atoms with van der Waals surface area (Å²) >= 11 is 0. The van der Waals surface area contributed by atoms with Crippen molar-refractivity contribution in [2.45, 2.75) is 204 Å². The van der Waals surface area contributed by atoms with Crippen molar-refractivity contribution >= 4 is 0 Å². The first-order valence-corrected chi connectivity index (χ1v) is 20.4. The van der Waals surface area contributed by atoms with E-state index in [1.165, 1.54) is 89.9 Å². The van der Waals surface area contributed by atoms with Crippen molar-refractivity contribution in [1.29, 1.82) is 0 Å². The number of rotatable bonds is 35. The van der Waals surface area contributed by atoms with Crippen molar-refractivity contribution in [2.75, 3.05) is 54.4 Å². The van der Waals surface area contributed by atoms with E-state index in [-0.39, 0.29) is 12.8 Å². The van der Waals surface area contributed by atoms with Crippen LogP contribution in [0.5, 0.6) is 0 Å². The lowest BCUT2D eigenvalue weighted by molar-refractivity contribution is -0.890. The SMILES string of the molecule is CCCCCCCCCCCC[N+](C)(C)CCCCC(F)(F)C(F)(F)C(F)(F)C(F)(F)CCCC[N+](C)(C)CCCCCCCCCCCC. The number of alkyl halides is 8. The minimum atomic E-state index is -6.16. The van der Waals surface area contributed by atoms with Crippen LogP contribution in [0.25, 0.3) is 0 Å². The zero-order valence-electron chi connectivity index (χ0n) is 33.1. The van der Waals surface area contributed by atoms with E-state index in [0.29, 0.717) is 22.1 Å². The van der Waals surface area contributed by atoms with Crippen LogP contribution < -0.4 is 0 Å². The zero-order valence-corrected chi connectivity index (χ0v) is 33.1. The largest absolute Gasteiger partial charge is 0.378 e. The van der Waals surface area contributed by atoms with Crippen LogP contribution in [0.3, 0.4) is 0 Å². The molecule has 302 valence electrons. The Morgan fingerprint density at radius 2 is 0.500 bits per heavy atom. The van der Waals surface area contributed by atoms with Gasteiger partial charge >= 0.3 is 23.7 Å². The van der Waals surface area contributed by atoms with Gasteiger partial charge in [0.2, 0.25) is 0 Å². The van der Waals surface area contributed by atoms with Gasteiger partial charge in [0.25, 0.3) is 0 Å². The van der Waals surface area contributed by atoms with Crippen LogP contribution >= 0.6 is 0 Å². The molecule has 0 saturated heterocycles. The Balaban J connectivity index is 4.50. The summed E-state index contributed by atoms with van der Waals surface area (Å²) in [6.45, 7) is 6.81. The summed E-state index contributed by atoms with van der Waals surface area (Å²) in [6.07, 6.45) is 20.0. The fraction of sp³-hybridized carbons (Fsp3) is 1.00. The van der Waals surface area contributed by atoms with Crippen molar-refractivity contribution < 1.29 is 44.1 Å². The van der Waals surface area contributed by atoms with Gasteiger partial charge in [-0.3, -0.25) is 0 Å². The van der Waals surface area contributed by atoms with Gasteiger partial charge in [0.1, 0.15) is 0 Å². The highest BCUT2D eigenvalue weighted by Gasteiger charge is 2.79. The maximum absolute atomic E-state index is 14.5. The quantitative estimate of drug-likeness (QED) is 0.0345. The second kappa shape index (κ2) is 25.4. The molecule has 0 bridgehead atoms. The van der Waals surface area contributed by atoms with E-state index < -0.39 is 49.4 Å². The van der Waals surface area contributed by atoms with E-state index in [0.717, 1.165) is 51.6 Å². The molecule has 0 saturated carbocycles. The van der Waals surface area contributed by atoms with Gasteiger partial charge in [-0.15, -0.1) is 0 Å².